The minimum absolute atomic E-state index is 1.25. The summed E-state index contributed by atoms with van der Waals surface area (Å²) in [6.07, 6.45) is 1.26. The van der Waals surface area contributed by atoms with Crippen molar-refractivity contribution in [3.05, 3.63) is 0 Å². The van der Waals surface area contributed by atoms with Crippen LogP contribution in [0, 0.1) is 0 Å². The smallest absolute Gasteiger partial charge is 0.186 e. The van der Waals surface area contributed by atoms with Gasteiger partial charge in [0.05, 0.1) is 0 Å². The zero-order chi connectivity index (χ0) is 10.5. The van der Waals surface area contributed by atoms with Crippen LogP contribution in [0.4, 0.5) is 0 Å². The number of rotatable bonds is 6. The molecular weight excluding hydrogens is 196 g/mol. The largest absolute Gasteiger partial charge is 0.420 e. The Bertz CT molecular complexity index is 131. The summed E-state index contributed by atoms with van der Waals surface area (Å²) < 4.78 is 11.0. The predicted molar refractivity (Wildman–Crippen MR) is 63.2 cm³/mol. The minimum Gasteiger partial charge on any atom is -0.420 e. The first-order valence-electron chi connectivity index (χ1n) is 4.93. The first-order valence-corrected chi connectivity index (χ1v) is 11.2. The topological polar surface area (TPSA) is 18.5 Å². The van der Waals surface area contributed by atoms with E-state index < -0.39 is 16.6 Å². The van der Waals surface area contributed by atoms with Gasteiger partial charge >= 0.3 is 0 Å². The summed E-state index contributed by atoms with van der Waals surface area (Å²) in [6, 6.07) is 2.51. The van der Waals surface area contributed by atoms with Gasteiger partial charge in [-0.3, -0.25) is 0 Å². The quantitative estimate of drug-likeness (QED) is 0.641. The molecule has 4 heteroatoms. The maximum atomic E-state index is 5.50. The van der Waals surface area contributed by atoms with Crippen molar-refractivity contribution < 1.29 is 8.85 Å². The van der Waals surface area contributed by atoms with Crippen LogP contribution in [0.1, 0.15) is 6.42 Å². The third-order valence-corrected chi connectivity index (χ3v) is 7.99. The highest BCUT2D eigenvalue weighted by atomic mass is 28.4. The molecule has 0 atom stereocenters. The van der Waals surface area contributed by atoms with Crippen LogP contribution in [-0.4, -0.2) is 30.9 Å². The van der Waals surface area contributed by atoms with Crippen LogP contribution in [0.5, 0.6) is 0 Å². The Morgan fingerprint density at radius 2 is 1.08 bits per heavy atom. The van der Waals surface area contributed by atoms with Crippen LogP contribution in [0.3, 0.4) is 0 Å². The average Bonchev–Trinajstić information content (AvgIpc) is 2.04. The molecule has 0 saturated heterocycles. The van der Waals surface area contributed by atoms with Crippen molar-refractivity contribution in [3.8, 4) is 0 Å². The number of hydrogen-bond acceptors (Lipinski definition) is 2. The molecule has 0 heterocycles. The zero-order valence-electron chi connectivity index (χ0n) is 9.94. The Labute approximate surface area is 84.9 Å². The van der Waals surface area contributed by atoms with Gasteiger partial charge in [0.15, 0.2) is 16.6 Å². The van der Waals surface area contributed by atoms with Crippen molar-refractivity contribution in [2.24, 2.45) is 0 Å². The van der Waals surface area contributed by atoms with E-state index in [1.807, 2.05) is 14.2 Å². The second kappa shape index (κ2) is 5.29. The van der Waals surface area contributed by atoms with Gasteiger partial charge in [0, 0.05) is 14.2 Å². The molecule has 80 valence electrons. The van der Waals surface area contributed by atoms with Gasteiger partial charge in [-0.2, -0.15) is 0 Å². The lowest BCUT2D eigenvalue weighted by Crippen LogP contribution is -2.32. The van der Waals surface area contributed by atoms with Crippen LogP contribution in [0.15, 0.2) is 0 Å². The molecule has 0 saturated carbocycles. The predicted octanol–water partition coefficient (Wildman–Crippen LogP) is 3.08. The maximum absolute atomic E-state index is 5.50. The molecule has 0 radical (unpaired) electrons. The molecular formula is C9H24O2Si2. The van der Waals surface area contributed by atoms with E-state index in [-0.39, 0.29) is 0 Å². The second-order valence-electron chi connectivity index (χ2n) is 4.78. The molecule has 0 aliphatic rings. The van der Waals surface area contributed by atoms with Crippen molar-refractivity contribution in [2.75, 3.05) is 14.2 Å². The minimum atomic E-state index is -1.32. The molecule has 0 aliphatic heterocycles. The van der Waals surface area contributed by atoms with Crippen molar-refractivity contribution in [3.63, 3.8) is 0 Å². The fourth-order valence-electron chi connectivity index (χ4n) is 1.14. The highest BCUT2D eigenvalue weighted by molar-refractivity contribution is 6.72. The van der Waals surface area contributed by atoms with Gasteiger partial charge in [-0.1, -0.05) is 6.42 Å². The van der Waals surface area contributed by atoms with Crippen molar-refractivity contribution in [2.45, 2.75) is 44.7 Å². The van der Waals surface area contributed by atoms with E-state index in [0.29, 0.717) is 0 Å². The second-order valence-corrected chi connectivity index (χ2v) is 13.6. The fourth-order valence-corrected chi connectivity index (χ4v) is 3.96. The lowest BCUT2D eigenvalue weighted by atomic mass is 10.6. The van der Waals surface area contributed by atoms with Crippen LogP contribution in [0.2, 0.25) is 38.3 Å². The summed E-state index contributed by atoms with van der Waals surface area (Å²) in [4.78, 5) is 0. The van der Waals surface area contributed by atoms with Gasteiger partial charge in [0.2, 0.25) is 0 Å². The van der Waals surface area contributed by atoms with E-state index >= 15 is 0 Å². The van der Waals surface area contributed by atoms with E-state index in [4.69, 9.17) is 8.85 Å². The third kappa shape index (κ3) is 6.43. The summed E-state index contributed by atoms with van der Waals surface area (Å²) in [5, 5.41) is 0. The van der Waals surface area contributed by atoms with Crippen molar-refractivity contribution in [1.82, 2.24) is 0 Å². The molecule has 0 spiro atoms. The van der Waals surface area contributed by atoms with Gasteiger partial charge in [-0.25, -0.2) is 0 Å². The first kappa shape index (κ1) is 13.4. The molecule has 0 aromatic rings. The van der Waals surface area contributed by atoms with Gasteiger partial charge in [0.25, 0.3) is 0 Å². The van der Waals surface area contributed by atoms with Gasteiger partial charge < -0.3 is 8.85 Å². The monoisotopic (exact) mass is 220 g/mol. The molecule has 0 aromatic carbocycles. The Hall–Kier alpha value is 0.354. The van der Waals surface area contributed by atoms with E-state index in [0.717, 1.165) is 0 Å². The Kier molecular flexibility index (Phi) is 5.43. The van der Waals surface area contributed by atoms with E-state index in [1.165, 1.54) is 18.5 Å². The molecule has 0 rings (SSSR count). The van der Waals surface area contributed by atoms with Gasteiger partial charge in [-0.05, 0) is 38.3 Å². The average molecular weight is 220 g/mol. The molecule has 2 nitrogen and oxygen atoms in total. The molecule has 0 bridgehead atoms. The number of hydrogen-bond donors (Lipinski definition) is 0. The molecule has 0 amide bonds. The Balaban J connectivity index is 3.68. The van der Waals surface area contributed by atoms with Crippen LogP contribution in [0.25, 0.3) is 0 Å². The molecule has 0 unspecified atom stereocenters. The van der Waals surface area contributed by atoms with Crippen LogP contribution >= 0.6 is 0 Å². The van der Waals surface area contributed by atoms with Gasteiger partial charge in [-0.15, -0.1) is 0 Å². The van der Waals surface area contributed by atoms with Crippen LogP contribution < -0.4 is 0 Å². The normalized spacial score (nSPS) is 13.4. The van der Waals surface area contributed by atoms with E-state index in [1.54, 1.807) is 0 Å². The first-order chi connectivity index (χ1) is 5.83. The Morgan fingerprint density at radius 1 is 0.769 bits per heavy atom. The lowest BCUT2D eigenvalue weighted by Gasteiger charge is -2.23. The van der Waals surface area contributed by atoms with Crippen molar-refractivity contribution in [1.29, 1.82) is 0 Å². The summed E-state index contributed by atoms with van der Waals surface area (Å²) >= 11 is 0. The summed E-state index contributed by atoms with van der Waals surface area (Å²) in [5.41, 5.74) is 0. The van der Waals surface area contributed by atoms with E-state index in [2.05, 4.69) is 26.2 Å². The Morgan fingerprint density at radius 3 is 1.31 bits per heavy atom. The highest BCUT2D eigenvalue weighted by Crippen LogP contribution is 2.19. The van der Waals surface area contributed by atoms with Crippen LogP contribution in [-0.2, 0) is 8.85 Å². The highest BCUT2D eigenvalue weighted by Gasteiger charge is 2.24. The summed E-state index contributed by atoms with van der Waals surface area (Å²) in [5.74, 6) is 0. The maximum Gasteiger partial charge on any atom is 0.186 e. The fraction of sp³-hybridized carbons (Fsp3) is 1.00. The molecule has 0 fully saturated rings. The van der Waals surface area contributed by atoms with Gasteiger partial charge in [0.1, 0.15) is 0 Å². The lowest BCUT2D eigenvalue weighted by molar-refractivity contribution is 0.395. The third-order valence-electron chi connectivity index (χ3n) is 2.66. The van der Waals surface area contributed by atoms with E-state index in [9.17, 15) is 0 Å². The SMILES string of the molecule is CO[Si](C)(C)CCC[Si](C)(C)OC. The summed E-state index contributed by atoms with van der Waals surface area (Å²) in [6.45, 7) is 9.09. The molecule has 0 N–H and O–H groups in total. The summed E-state index contributed by atoms with van der Waals surface area (Å²) in [7, 11) is 1.03. The molecule has 13 heavy (non-hydrogen) atoms. The zero-order valence-corrected chi connectivity index (χ0v) is 11.9. The standard InChI is InChI=1S/C9H24O2Si2/c1-10-12(3,4)8-7-9-13(5,6)11-2/h7-9H2,1-6H3. The van der Waals surface area contributed by atoms with Crippen molar-refractivity contribution >= 4 is 16.6 Å². The molecule has 0 aromatic heterocycles. The molecule has 0 aliphatic carbocycles.